The SMILES string of the molecule is O=CC(Cl)c1ccc(Br)c(Cl)c1. The normalized spacial score (nSPS) is 12.6. The number of rotatable bonds is 2. The molecule has 1 atom stereocenters. The highest BCUT2D eigenvalue weighted by atomic mass is 79.9. The van der Waals surface area contributed by atoms with E-state index < -0.39 is 5.38 Å². The lowest BCUT2D eigenvalue weighted by Gasteiger charge is -2.03. The van der Waals surface area contributed by atoms with Crippen LogP contribution in [-0.2, 0) is 4.79 Å². The van der Waals surface area contributed by atoms with E-state index in [4.69, 9.17) is 23.2 Å². The number of hydrogen-bond acceptors (Lipinski definition) is 1. The molecule has 1 unspecified atom stereocenters. The molecular formula is C8H5BrCl2O. The molecule has 0 saturated heterocycles. The summed E-state index contributed by atoms with van der Waals surface area (Å²) in [4.78, 5) is 10.3. The Morgan fingerprint density at radius 1 is 1.50 bits per heavy atom. The smallest absolute Gasteiger partial charge is 0.142 e. The van der Waals surface area contributed by atoms with Crippen molar-refractivity contribution in [3.8, 4) is 0 Å². The Kier molecular flexibility index (Phi) is 3.56. The monoisotopic (exact) mass is 266 g/mol. The van der Waals surface area contributed by atoms with E-state index in [0.29, 0.717) is 16.9 Å². The summed E-state index contributed by atoms with van der Waals surface area (Å²) in [6, 6.07) is 5.18. The van der Waals surface area contributed by atoms with Crippen LogP contribution in [0, 0.1) is 0 Å². The van der Waals surface area contributed by atoms with Gasteiger partial charge in [-0.1, -0.05) is 17.7 Å². The van der Waals surface area contributed by atoms with Gasteiger partial charge in [0.2, 0.25) is 0 Å². The molecule has 1 aromatic carbocycles. The number of benzene rings is 1. The maximum atomic E-state index is 10.3. The van der Waals surface area contributed by atoms with Crippen LogP contribution in [0.1, 0.15) is 10.9 Å². The Hall–Kier alpha value is -0.0500. The van der Waals surface area contributed by atoms with Crippen LogP contribution in [0.2, 0.25) is 5.02 Å². The number of aldehydes is 1. The Morgan fingerprint density at radius 2 is 2.17 bits per heavy atom. The first kappa shape index (κ1) is 10.0. The van der Waals surface area contributed by atoms with Gasteiger partial charge in [-0.3, -0.25) is 0 Å². The minimum Gasteiger partial charge on any atom is -0.301 e. The molecule has 12 heavy (non-hydrogen) atoms. The summed E-state index contributed by atoms with van der Waals surface area (Å²) in [5, 5.41) is -0.0596. The average molecular weight is 268 g/mol. The summed E-state index contributed by atoms with van der Waals surface area (Å²) in [7, 11) is 0. The second-order valence-electron chi connectivity index (χ2n) is 2.21. The summed E-state index contributed by atoms with van der Waals surface area (Å²) in [6.07, 6.45) is 0.668. The fourth-order valence-corrected chi connectivity index (χ4v) is 1.33. The van der Waals surface area contributed by atoms with Gasteiger partial charge in [0.05, 0.1) is 5.02 Å². The molecule has 0 aromatic heterocycles. The quantitative estimate of drug-likeness (QED) is 0.591. The van der Waals surface area contributed by atoms with Crippen molar-refractivity contribution in [1.29, 1.82) is 0 Å². The first-order valence-corrected chi connectivity index (χ1v) is 4.80. The molecule has 0 amide bonds. The Labute approximate surface area is 88.8 Å². The fraction of sp³-hybridized carbons (Fsp3) is 0.125. The van der Waals surface area contributed by atoms with Crippen LogP contribution in [0.3, 0.4) is 0 Å². The first-order chi connectivity index (χ1) is 5.65. The van der Waals surface area contributed by atoms with Gasteiger partial charge in [0.25, 0.3) is 0 Å². The van der Waals surface area contributed by atoms with E-state index in [-0.39, 0.29) is 0 Å². The molecule has 0 aliphatic heterocycles. The molecule has 1 nitrogen and oxygen atoms in total. The van der Waals surface area contributed by atoms with Crippen molar-refractivity contribution >= 4 is 45.4 Å². The molecule has 4 heteroatoms. The summed E-state index contributed by atoms with van der Waals surface area (Å²) in [5.41, 5.74) is 0.708. The van der Waals surface area contributed by atoms with Crippen molar-refractivity contribution < 1.29 is 4.79 Å². The van der Waals surface area contributed by atoms with Gasteiger partial charge in [0.15, 0.2) is 0 Å². The number of halogens is 3. The Balaban J connectivity index is 3.04. The van der Waals surface area contributed by atoms with Crippen molar-refractivity contribution in [2.75, 3.05) is 0 Å². The van der Waals surface area contributed by atoms with E-state index in [2.05, 4.69) is 15.9 Å². The van der Waals surface area contributed by atoms with E-state index in [1.54, 1.807) is 18.2 Å². The average Bonchev–Trinajstić information content (AvgIpc) is 2.08. The fourth-order valence-electron chi connectivity index (χ4n) is 0.762. The standard InChI is InChI=1S/C8H5BrCl2O/c9-6-2-1-5(3-7(6)10)8(11)4-12/h1-4,8H. The van der Waals surface area contributed by atoms with Crippen LogP contribution < -0.4 is 0 Å². The van der Waals surface area contributed by atoms with Gasteiger partial charge < -0.3 is 4.79 Å². The van der Waals surface area contributed by atoms with E-state index >= 15 is 0 Å². The van der Waals surface area contributed by atoms with Crippen LogP contribution in [-0.4, -0.2) is 6.29 Å². The molecular weight excluding hydrogens is 263 g/mol. The second kappa shape index (κ2) is 4.26. The predicted molar refractivity (Wildman–Crippen MR) is 53.8 cm³/mol. The maximum Gasteiger partial charge on any atom is 0.142 e. The van der Waals surface area contributed by atoms with Gasteiger partial charge in [-0.25, -0.2) is 0 Å². The first-order valence-electron chi connectivity index (χ1n) is 3.19. The van der Waals surface area contributed by atoms with E-state index in [1.165, 1.54) is 0 Å². The number of carbonyl (C=O) groups is 1. The van der Waals surface area contributed by atoms with Crippen molar-refractivity contribution in [3.63, 3.8) is 0 Å². The van der Waals surface area contributed by atoms with Crippen LogP contribution in [0.25, 0.3) is 0 Å². The molecule has 0 radical (unpaired) electrons. The summed E-state index contributed by atoms with van der Waals surface area (Å²) in [5.74, 6) is 0. The topological polar surface area (TPSA) is 17.1 Å². The molecule has 0 bridgehead atoms. The molecule has 64 valence electrons. The maximum absolute atomic E-state index is 10.3. The molecule has 0 spiro atoms. The van der Waals surface area contributed by atoms with Crippen molar-refractivity contribution in [1.82, 2.24) is 0 Å². The van der Waals surface area contributed by atoms with Crippen molar-refractivity contribution in [2.24, 2.45) is 0 Å². The van der Waals surface area contributed by atoms with E-state index in [0.717, 1.165) is 4.47 Å². The number of carbonyl (C=O) groups excluding carboxylic acids is 1. The summed E-state index contributed by atoms with van der Waals surface area (Å²) in [6.45, 7) is 0. The van der Waals surface area contributed by atoms with E-state index in [9.17, 15) is 4.79 Å². The Morgan fingerprint density at radius 3 is 2.67 bits per heavy atom. The van der Waals surface area contributed by atoms with Crippen LogP contribution >= 0.6 is 39.1 Å². The summed E-state index contributed by atoms with van der Waals surface area (Å²) >= 11 is 14.7. The van der Waals surface area contributed by atoms with Crippen molar-refractivity contribution in [2.45, 2.75) is 5.38 Å². The molecule has 0 saturated carbocycles. The lowest BCUT2D eigenvalue weighted by Crippen LogP contribution is -1.90. The van der Waals surface area contributed by atoms with Gasteiger partial charge in [-0.05, 0) is 33.6 Å². The molecule has 1 rings (SSSR count). The van der Waals surface area contributed by atoms with Gasteiger partial charge in [-0.15, -0.1) is 11.6 Å². The molecule has 0 aliphatic carbocycles. The third-order valence-corrected chi connectivity index (χ3v) is 2.97. The molecule has 0 heterocycles. The second-order valence-corrected chi connectivity index (χ2v) is 3.94. The minimum atomic E-state index is -0.615. The third-order valence-electron chi connectivity index (χ3n) is 1.38. The van der Waals surface area contributed by atoms with Gasteiger partial charge in [0, 0.05) is 4.47 Å². The highest BCUT2D eigenvalue weighted by Gasteiger charge is 2.07. The summed E-state index contributed by atoms with van der Waals surface area (Å²) < 4.78 is 0.794. The third kappa shape index (κ3) is 2.22. The lowest BCUT2D eigenvalue weighted by atomic mass is 10.2. The Bertz CT molecular complexity index is 301. The van der Waals surface area contributed by atoms with Crippen LogP contribution in [0.5, 0.6) is 0 Å². The van der Waals surface area contributed by atoms with Crippen molar-refractivity contribution in [3.05, 3.63) is 33.3 Å². The number of hydrogen-bond donors (Lipinski definition) is 0. The molecule has 1 aromatic rings. The van der Waals surface area contributed by atoms with Gasteiger partial charge in [0.1, 0.15) is 11.7 Å². The molecule has 0 fully saturated rings. The highest BCUT2D eigenvalue weighted by Crippen LogP contribution is 2.27. The van der Waals surface area contributed by atoms with Gasteiger partial charge in [-0.2, -0.15) is 0 Å². The zero-order valence-corrected chi connectivity index (χ0v) is 9.03. The predicted octanol–water partition coefficient (Wildman–Crippen LogP) is 3.58. The zero-order chi connectivity index (χ0) is 9.14. The highest BCUT2D eigenvalue weighted by molar-refractivity contribution is 9.10. The van der Waals surface area contributed by atoms with Crippen LogP contribution in [0.4, 0.5) is 0 Å². The zero-order valence-electron chi connectivity index (χ0n) is 5.93. The lowest BCUT2D eigenvalue weighted by molar-refractivity contribution is -0.107. The van der Waals surface area contributed by atoms with Gasteiger partial charge >= 0.3 is 0 Å². The van der Waals surface area contributed by atoms with Crippen LogP contribution in [0.15, 0.2) is 22.7 Å². The van der Waals surface area contributed by atoms with E-state index in [1.807, 2.05) is 0 Å². The minimum absolute atomic E-state index is 0.556. The molecule has 0 aliphatic rings. The largest absolute Gasteiger partial charge is 0.301 e. The molecule has 0 N–H and O–H groups in total. The number of alkyl halides is 1.